The molecule has 2 N–H and O–H groups in total. The zero-order valence-corrected chi connectivity index (χ0v) is 10.8. The predicted octanol–water partition coefficient (Wildman–Crippen LogP) is 1.06. The Balaban J connectivity index is 3.05. The molecule has 0 atom stereocenters. The molecule has 0 rings (SSSR count). The molecule has 6 heteroatoms. The number of ether oxygens (including phenoxy) is 1. The molecule has 16 heavy (non-hydrogen) atoms. The van der Waals surface area contributed by atoms with Crippen molar-refractivity contribution in [3.05, 3.63) is 0 Å². The van der Waals surface area contributed by atoms with E-state index in [9.17, 15) is 8.42 Å². The van der Waals surface area contributed by atoms with Gasteiger partial charge in [-0.2, -0.15) is 8.42 Å². The summed E-state index contributed by atoms with van der Waals surface area (Å²) in [6.45, 7) is 5.33. The lowest BCUT2D eigenvalue weighted by Crippen LogP contribution is -2.18. The molecule has 0 aromatic carbocycles. The van der Waals surface area contributed by atoms with Gasteiger partial charge in [0.15, 0.2) is 0 Å². The Labute approximate surface area is 98.3 Å². The van der Waals surface area contributed by atoms with E-state index in [2.05, 4.69) is 5.32 Å². The van der Waals surface area contributed by atoms with Crippen LogP contribution in [0.15, 0.2) is 0 Å². The third-order valence-electron chi connectivity index (χ3n) is 2.10. The Hall–Kier alpha value is -0.170. The van der Waals surface area contributed by atoms with Crippen molar-refractivity contribution in [2.45, 2.75) is 32.6 Å². The predicted molar refractivity (Wildman–Crippen MR) is 64.2 cm³/mol. The van der Waals surface area contributed by atoms with Gasteiger partial charge in [-0.15, -0.1) is 0 Å². The lowest BCUT2D eigenvalue weighted by Gasteiger charge is -2.04. The summed E-state index contributed by atoms with van der Waals surface area (Å²) in [5.74, 6) is -0.128. The van der Waals surface area contributed by atoms with Gasteiger partial charge in [0.2, 0.25) is 0 Å². The Morgan fingerprint density at radius 2 is 1.81 bits per heavy atom. The van der Waals surface area contributed by atoms with E-state index in [1.54, 1.807) is 0 Å². The van der Waals surface area contributed by atoms with Gasteiger partial charge in [0.1, 0.15) is 0 Å². The van der Waals surface area contributed by atoms with Crippen LogP contribution in [-0.4, -0.2) is 45.0 Å². The van der Waals surface area contributed by atoms with Crippen molar-refractivity contribution >= 4 is 10.1 Å². The third kappa shape index (κ3) is 13.8. The van der Waals surface area contributed by atoms with E-state index in [1.807, 2.05) is 6.92 Å². The van der Waals surface area contributed by atoms with Gasteiger partial charge in [0.25, 0.3) is 10.1 Å². The lowest BCUT2D eigenvalue weighted by atomic mass is 10.2. The van der Waals surface area contributed by atoms with Crippen molar-refractivity contribution in [2.75, 3.05) is 32.1 Å². The van der Waals surface area contributed by atoms with Gasteiger partial charge < -0.3 is 10.1 Å². The first kappa shape index (κ1) is 15.8. The first-order valence-electron chi connectivity index (χ1n) is 5.80. The van der Waals surface area contributed by atoms with Crippen LogP contribution in [0.3, 0.4) is 0 Å². The minimum absolute atomic E-state index is 0.128. The topological polar surface area (TPSA) is 75.6 Å². The van der Waals surface area contributed by atoms with Crippen LogP contribution in [-0.2, 0) is 14.9 Å². The SMILES string of the molecule is CCOCCCNCCCCCS(=O)(=O)O. The Kier molecular flexibility index (Phi) is 9.91. The van der Waals surface area contributed by atoms with Gasteiger partial charge in [-0.1, -0.05) is 6.42 Å². The van der Waals surface area contributed by atoms with Crippen LogP contribution in [0.25, 0.3) is 0 Å². The summed E-state index contributed by atoms with van der Waals surface area (Å²) in [5, 5.41) is 3.25. The quantitative estimate of drug-likeness (QED) is 0.425. The summed E-state index contributed by atoms with van der Waals surface area (Å²) in [6, 6.07) is 0. The maximum absolute atomic E-state index is 10.4. The second kappa shape index (κ2) is 10.0. The van der Waals surface area contributed by atoms with E-state index in [-0.39, 0.29) is 5.75 Å². The van der Waals surface area contributed by atoms with E-state index in [1.165, 1.54) is 0 Å². The fourth-order valence-electron chi connectivity index (χ4n) is 1.28. The Morgan fingerprint density at radius 1 is 1.12 bits per heavy atom. The summed E-state index contributed by atoms with van der Waals surface area (Å²) in [6.07, 6.45) is 3.28. The number of hydrogen-bond acceptors (Lipinski definition) is 4. The van der Waals surface area contributed by atoms with Crippen molar-refractivity contribution in [3.8, 4) is 0 Å². The van der Waals surface area contributed by atoms with Crippen LogP contribution in [0.4, 0.5) is 0 Å². The van der Waals surface area contributed by atoms with Crippen molar-refractivity contribution < 1.29 is 17.7 Å². The van der Waals surface area contributed by atoms with E-state index < -0.39 is 10.1 Å². The molecule has 0 spiro atoms. The molecule has 0 aliphatic carbocycles. The van der Waals surface area contributed by atoms with Crippen LogP contribution in [0.5, 0.6) is 0 Å². The van der Waals surface area contributed by atoms with Crippen LogP contribution < -0.4 is 5.32 Å². The van der Waals surface area contributed by atoms with E-state index in [0.717, 1.165) is 45.6 Å². The lowest BCUT2D eigenvalue weighted by molar-refractivity contribution is 0.145. The summed E-state index contributed by atoms with van der Waals surface area (Å²) in [7, 11) is -3.77. The molecule has 0 radical (unpaired) electrons. The molecule has 0 aliphatic rings. The number of nitrogens with one attached hydrogen (secondary N) is 1. The van der Waals surface area contributed by atoms with Crippen LogP contribution in [0, 0.1) is 0 Å². The molecule has 0 heterocycles. The Morgan fingerprint density at radius 3 is 2.44 bits per heavy atom. The van der Waals surface area contributed by atoms with Gasteiger partial charge in [0, 0.05) is 13.2 Å². The molecule has 0 aromatic heterocycles. The fourth-order valence-corrected chi connectivity index (χ4v) is 1.85. The minimum Gasteiger partial charge on any atom is -0.382 e. The molecule has 0 aromatic rings. The molecule has 0 unspecified atom stereocenters. The second-order valence-electron chi connectivity index (χ2n) is 3.65. The average molecular weight is 253 g/mol. The highest BCUT2D eigenvalue weighted by Gasteiger charge is 2.02. The molecular formula is C10H23NO4S. The maximum atomic E-state index is 10.4. The van der Waals surface area contributed by atoms with Gasteiger partial charge in [-0.05, 0) is 39.3 Å². The molecule has 0 saturated heterocycles. The monoisotopic (exact) mass is 253 g/mol. The zero-order chi connectivity index (χ0) is 12.3. The first-order valence-corrected chi connectivity index (χ1v) is 7.41. The summed E-state index contributed by atoms with van der Waals surface area (Å²) >= 11 is 0. The third-order valence-corrected chi connectivity index (χ3v) is 2.91. The second-order valence-corrected chi connectivity index (χ2v) is 5.22. The highest BCUT2D eigenvalue weighted by atomic mass is 32.2. The standard InChI is InChI=1S/C10H23NO4S/c1-2-15-9-6-8-11-7-4-3-5-10-16(12,13)14/h11H,2-10H2,1H3,(H,12,13,14). The number of hydrogen-bond donors (Lipinski definition) is 2. The van der Waals surface area contributed by atoms with Gasteiger partial charge in [0.05, 0.1) is 5.75 Å². The first-order chi connectivity index (χ1) is 7.56. The summed E-state index contributed by atoms with van der Waals surface area (Å²) in [4.78, 5) is 0. The summed E-state index contributed by atoms with van der Waals surface area (Å²) < 4.78 is 34.5. The number of rotatable bonds is 11. The molecular weight excluding hydrogens is 230 g/mol. The molecule has 0 aliphatic heterocycles. The van der Waals surface area contributed by atoms with Crippen LogP contribution in [0.2, 0.25) is 0 Å². The Bertz CT molecular complexity index is 241. The van der Waals surface area contributed by atoms with Gasteiger partial charge >= 0.3 is 0 Å². The molecule has 0 saturated carbocycles. The maximum Gasteiger partial charge on any atom is 0.264 e. The highest BCUT2D eigenvalue weighted by Crippen LogP contribution is 1.97. The minimum atomic E-state index is -3.77. The van der Waals surface area contributed by atoms with Crippen molar-refractivity contribution in [3.63, 3.8) is 0 Å². The molecule has 5 nitrogen and oxygen atoms in total. The van der Waals surface area contributed by atoms with Crippen molar-refractivity contribution in [2.24, 2.45) is 0 Å². The van der Waals surface area contributed by atoms with Crippen molar-refractivity contribution in [1.29, 1.82) is 0 Å². The molecule has 0 bridgehead atoms. The zero-order valence-electron chi connectivity index (χ0n) is 9.94. The number of unbranched alkanes of at least 4 members (excludes halogenated alkanes) is 2. The van der Waals surface area contributed by atoms with Crippen LogP contribution in [0.1, 0.15) is 32.6 Å². The average Bonchev–Trinajstić information content (AvgIpc) is 2.19. The van der Waals surface area contributed by atoms with E-state index >= 15 is 0 Å². The van der Waals surface area contributed by atoms with Crippen molar-refractivity contribution in [1.82, 2.24) is 5.32 Å². The van der Waals surface area contributed by atoms with Gasteiger partial charge in [-0.3, -0.25) is 4.55 Å². The van der Waals surface area contributed by atoms with E-state index in [0.29, 0.717) is 6.42 Å². The summed E-state index contributed by atoms with van der Waals surface area (Å²) in [5.41, 5.74) is 0. The highest BCUT2D eigenvalue weighted by molar-refractivity contribution is 7.85. The van der Waals surface area contributed by atoms with E-state index in [4.69, 9.17) is 9.29 Å². The molecule has 0 amide bonds. The van der Waals surface area contributed by atoms with Gasteiger partial charge in [-0.25, -0.2) is 0 Å². The molecule has 0 fully saturated rings. The fraction of sp³-hybridized carbons (Fsp3) is 1.00. The van der Waals surface area contributed by atoms with Crippen LogP contribution >= 0.6 is 0 Å². The molecule has 98 valence electrons. The smallest absolute Gasteiger partial charge is 0.264 e. The normalized spacial score (nSPS) is 11.9. The largest absolute Gasteiger partial charge is 0.382 e.